The number of nitrogens with one attached hydrogen (secondary N) is 2. The minimum absolute atomic E-state index is 0.223. The van der Waals surface area contributed by atoms with Gasteiger partial charge in [-0.05, 0) is 32.5 Å². The lowest BCUT2D eigenvalue weighted by molar-refractivity contribution is 0.108. The minimum Gasteiger partial charge on any atom is -0.384 e. The van der Waals surface area contributed by atoms with E-state index in [2.05, 4.69) is 17.0 Å². The number of anilines is 1. The Morgan fingerprint density at radius 1 is 1.37 bits per heavy atom. The van der Waals surface area contributed by atoms with Gasteiger partial charge in [0.15, 0.2) is 0 Å². The van der Waals surface area contributed by atoms with Crippen molar-refractivity contribution in [3.05, 3.63) is 24.3 Å². The van der Waals surface area contributed by atoms with E-state index < -0.39 is 10.0 Å². The first-order valence-electron chi connectivity index (χ1n) is 6.42. The van der Waals surface area contributed by atoms with Crippen LogP contribution in [0.2, 0.25) is 0 Å². The maximum atomic E-state index is 11.9. The molecule has 0 aromatic heterocycles. The third-order valence-electron chi connectivity index (χ3n) is 3.53. The molecule has 1 aliphatic heterocycles. The molecule has 19 heavy (non-hydrogen) atoms. The number of ether oxygens (including phenoxy) is 1. The molecule has 1 aromatic rings. The fraction of sp³-hybridized carbons (Fsp3) is 0.538. The molecule has 2 unspecified atom stereocenters. The Morgan fingerprint density at radius 3 is 2.74 bits per heavy atom. The van der Waals surface area contributed by atoms with Gasteiger partial charge in [-0.1, -0.05) is 12.1 Å². The molecule has 1 fully saturated rings. The zero-order chi connectivity index (χ0) is 13.9. The molecule has 1 heterocycles. The van der Waals surface area contributed by atoms with Crippen LogP contribution in [0.5, 0.6) is 0 Å². The molecule has 0 spiro atoms. The standard InChI is InChI=1S/C13H20N2O3S/c1-10-11(7-8-18-10)9-15-12-5-3-4-6-13(12)19(16,17)14-2/h3-6,10-11,14-15H,7-9H2,1-2H3. The summed E-state index contributed by atoms with van der Waals surface area (Å²) in [4.78, 5) is 0.282. The molecular formula is C13H20N2O3S. The van der Waals surface area contributed by atoms with Crippen LogP contribution in [0.1, 0.15) is 13.3 Å². The highest BCUT2D eigenvalue weighted by Gasteiger charge is 2.24. The summed E-state index contributed by atoms with van der Waals surface area (Å²) in [6.07, 6.45) is 1.23. The minimum atomic E-state index is -3.43. The Balaban J connectivity index is 2.12. The van der Waals surface area contributed by atoms with Crippen molar-refractivity contribution >= 4 is 15.7 Å². The van der Waals surface area contributed by atoms with Crippen LogP contribution in [0.3, 0.4) is 0 Å². The summed E-state index contributed by atoms with van der Waals surface area (Å²) in [5.41, 5.74) is 0.635. The molecule has 0 aliphatic carbocycles. The zero-order valence-corrected chi connectivity index (χ0v) is 12.0. The first-order chi connectivity index (χ1) is 9.04. The predicted octanol–water partition coefficient (Wildman–Crippen LogP) is 1.43. The summed E-state index contributed by atoms with van der Waals surface area (Å²) in [5.74, 6) is 0.422. The van der Waals surface area contributed by atoms with E-state index in [0.29, 0.717) is 11.6 Å². The van der Waals surface area contributed by atoms with Crippen molar-refractivity contribution in [2.75, 3.05) is 25.5 Å². The maximum Gasteiger partial charge on any atom is 0.242 e. The van der Waals surface area contributed by atoms with Crippen LogP contribution in [-0.2, 0) is 14.8 Å². The van der Waals surface area contributed by atoms with Crippen LogP contribution >= 0.6 is 0 Å². The smallest absolute Gasteiger partial charge is 0.242 e. The van der Waals surface area contributed by atoms with Crippen molar-refractivity contribution < 1.29 is 13.2 Å². The Kier molecular flexibility index (Phi) is 4.44. The van der Waals surface area contributed by atoms with E-state index >= 15 is 0 Å². The fourth-order valence-corrected chi connectivity index (χ4v) is 3.15. The van der Waals surface area contributed by atoms with E-state index in [0.717, 1.165) is 19.6 Å². The number of hydrogen-bond acceptors (Lipinski definition) is 4. The summed E-state index contributed by atoms with van der Waals surface area (Å²) >= 11 is 0. The average molecular weight is 284 g/mol. The van der Waals surface area contributed by atoms with Gasteiger partial charge in [-0.25, -0.2) is 13.1 Å². The van der Waals surface area contributed by atoms with Crippen LogP contribution < -0.4 is 10.0 Å². The highest BCUT2D eigenvalue weighted by Crippen LogP contribution is 2.24. The molecule has 1 aromatic carbocycles. The Labute approximate surface area is 114 Å². The summed E-state index contributed by atoms with van der Waals surface area (Å²) < 4.78 is 31.7. The van der Waals surface area contributed by atoms with Crippen LogP contribution in [0, 0.1) is 5.92 Å². The van der Waals surface area contributed by atoms with Gasteiger partial charge in [-0.3, -0.25) is 0 Å². The third kappa shape index (κ3) is 3.26. The molecule has 2 N–H and O–H groups in total. The van der Waals surface area contributed by atoms with Gasteiger partial charge in [0.2, 0.25) is 10.0 Å². The van der Waals surface area contributed by atoms with Crippen LogP contribution in [0.15, 0.2) is 29.2 Å². The first-order valence-corrected chi connectivity index (χ1v) is 7.91. The zero-order valence-electron chi connectivity index (χ0n) is 11.2. The van der Waals surface area contributed by atoms with Gasteiger partial charge in [-0.15, -0.1) is 0 Å². The number of rotatable bonds is 5. The monoisotopic (exact) mass is 284 g/mol. The average Bonchev–Trinajstić information content (AvgIpc) is 2.82. The van der Waals surface area contributed by atoms with E-state index in [9.17, 15) is 8.42 Å². The summed E-state index contributed by atoms with van der Waals surface area (Å²) in [6.45, 7) is 3.55. The topological polar surface area (TPSA) is 67.4 Å². The van der Waals surface area contributed by atoms with Crippen molar-refractivity contribution in [1.82, 2.24) is 4.72 Å². The van der Waals surface area contributed by atoms with Gasteiger partial charge in [0, 0.05) is 19.1 Å². The second kappa shape index (κ2) is 5.90. The number of sulfonamides is 1. The van der Waals surface area contributed by atoms with E-state index in [-0.39, 0.29) is 11.0 Å². The number of benzene rings is 1. The summed E-state index contributed by atoms with van der Waals surface area (Å²) in [7, 11) is -2.02. The fourth-order valence-electron chi connectivity index (χ4n) is 2.24. The van der Waals surface area contributed by atoms with E-state index in [1.165, 1.54) is 7.05 Å². The van der Waals surface area contributed by atoms with Crippen molar-refractivity contribution in [1.29, 1.82) is 0 Å². The van der Waals surface area contributed by atoms with Gasteiger partial charge in [0.05, 0.1) is 11.8 Å². The van der Waals surface area contributed by atoms with Crippen molar-refractivity contribution in [2.24, 2.45) is 5.92 Å². The predicted molar refractivity (Wildman–Crippen MR) is 74.7 cm³/mol. The number of hydrogen-bond donors (Lipinski definition) is 2. The Morgan fingerprint density at radius 2 is 2.11 bits per heavy atom. The van der Waals surface area contributed by atoms with Gasteiger partial charge in [0.1, 0.15) is 4.90 Å². The Hall–Kier alpha value is -1.11. The summed E-state index contributed by atoms with van der Waals surface area (Å²) in [5, 5.41) is 3.23. The van der Waals surface area contributed by atoms with Crippen molar-refractivity contribution in [3.63, 3.8) is 0 Å². The molecule has 1 saturated heterocycles. The highest BCUT2D eigenvalue weighted by molar-refractivity contribution is 7.89. The molecular weight excluding hydrogens is 264 g/mol. The van der Waals surface area contributed by atoms with Crippen LogP contribution in [0.4, 0.5) is 5.69 Å². The molecule has 6 heteroatoms. The van der Waals surface area contributed by atoms with Crippen molar-refractivity contribution in [3.8, 4) is 0 Å². The second-order valence-corrected chi connectivity index (χ2v) is 6.56. The molecule has 0 bridgehead atoms. The Bertz CT molecular complexity index is 530. The molecule has 2 rings (SSSR count). The maximum absolute atomic E-state index is 11.9. The van der Waals surface area contributed by atoms with Gasteiger partial charge >= 0.3 is 0 Å². The normalized spacial score (nSPS) is 23.5. The molecule has 106 valence electrons. The molecule has 2 atom stereocenters. The lowest BCUT2D eigenvalue weighted by Gasteiger charge is -2.17. The van der Waals surface area contributed by atoms with Gasteiger partial charge < -0.3 is 10.1 Å². The first kappa shape index (κ1) is 14.3. The van der Waals surface area contributed by atoms with Gasteiger partial charge in [-0.2, -0.15) is 0 Å². The van der Waals surface area contributed by atoms with E-state index in [1.54, 1.807) is 18.2 Å². The lowest BCUT2D eigenvalue weighted by atomic mass is 10.0. The number of para-hydroxylation sites is 1. The molecule has 1 aliphatic rings. The lowest BCUT2D eigenvalue weighted by Crippen LogP contribution is -2.23. The second-order valence-electron chi connectivity index (χ2n) is 4.71. The third-order valence-corrected chi connectivity index (χ3v) is 5.01. The van der Waals surface area contributed by atoms with E-state index in [1.807, 2.05) is 6.07 Å². The van der Waals surface area contributed by atoms with Crippen LogP contribution in [-0.4, -0.2) is 34.7 Å². The molecule has 0 amide bonds. The molecule has 5 nitrogen and oxygen atoms in total. The quantitative estimate of drug-likeness (QED) is 0.858. The SMILES string of the molecule is CNS(=O)(=O)c1ccccc1NCC1CCOC1C. The molecule has 0 radical (unpaired) electrons. The summed E-state index contributed by atoms with van der Waals surface area (Å²) in [6, 6.07) is 6.93. The van der Waals surface area contributed by atoms with Crippen LogP contribution in [0.25, 0.3) is 0 Å². The van der Waals surface area contributed by atoms with E-state index in [4.69, 9.17) is 4.74 Å². The van der Waals surface area contributed by atoms with Crippen molar-refractivity contribution in [2.45, 2.75) is 24.3 Å². The molecule has 0 saturated carbocycles. The highest BCUT2D eigenvalue weighted by atomic mass is 32.2. The van der Waals surface area contributed by atoms with Gasteiger partial charge in [0.25, 0.3) is 0 Å². The largest absolute Gasteiger partial charge is 0.384 e.